The second-order valence-electron chi connectivity index (χ2n) is 8.32. The Balaban J connectivity index is 0.00000205. The normalized spacial score (nSPS) is 27.7. The molecule has 2 aromatic rings. The van der Waals surface area contributed by atoms with Crippen molar-refractivity contribution in [3.63, 3.8) is 0 Å². The van der Waals surface area contributed by atoms with Crippen LogP contribution in [0.25, 0.3) is 0 Å². The molecule has 2 fully saturated rings. The number of likely N-dealkylation sites (tertiary alicyclic amines) is 1. The second kappa shape index (κ2) is 8.56. The van der Waals surface area contributed by atoms with E-state index < -0.39 is 0 Å². The lowest BCUT2D eigenvalue weighted by molar-refractivity contribution is -0.119. The zero-order valence-corrected chi connectivity index (χ0v) is 18.4. The first-order chi connectivity index (χ1) is 13.6. The lowest BCUT2D eigenvalue weighted by Crippen LogP contribution is -2.38. The maximum absolute atomic E-state index is 13.1. The first kappa shape index (κ1) is 21.1. The van der Waals surface area contributed by atoms with Gasteiger partial charge in [-0.1, -0.05) is 53.5 Å². The number of hydrogen-bond donors (Lipinski definition) is 1. The lowest BCUT2D eigenvalue weighted by Gasteiger charge is -2.29. The van der Waals surface area contributed by atoms with Gasteiger partial charge in [0, 0.05) is 36.9 Å². The molecule has 5 rings (SSSR count). The van der Waals surface area contributed by atoms with Crippen LogP contribution < -0.4 is 5.32 Å². The minimum Gasteiger partial charge on any atom is -0.305 e. The molecule has 2 aromatic carbocycles. The fraction of sp³-hybridized carbons (Fsp3) is 0.435. The maximum Gasteiger partial charge on any atom is 0.142 e. The Morgan fingerprint density at radius 2 is 1.76 bits per heavy atom. The number of halogens is 3. The zero-order valence-electron chi connectivity index (χ0n) is 16.1. The highest BCUT2D eigenvalue weighted by molar-refractivity contribution is 6.42. The topological polar surface area (TPSA) is 32.3 Å². The van der Waals surface area contributed by atoms with E-state index in [0.29, 0.717) is 28.4 Å². The molecule has 29 heavy (non-hydrogen) atoms. The van der Waals surface area contributed by atoms with Crippen LogP contribution >= 0.6 is 35.6 Å². The van der Waals surface area contributed by atoms with E-state index in [1.807, 2.05) is 12.1 Å². The molecular weight excluding hydrogens is 427 g/mol. The number of nitrogens with one attached hydrogen (secondary N) is 1. The number of ketones is 1. The van der Waals surface area contributed by atoms with E-state index in [2.05, 4.69) is 34.5 Å². The van der Waals surface area contributed by atoms with E-state index in [-0.39, 0.29) is 30.2 Å². The molecule has 4 atom stereocenters. The monoisotopic (exact) mass is 450 g/mol. The average Bonchev–Trinajstić information content (AvgIpc) is 3.19. The highest BCUT2D eigenvalue weighted by Crippen LogP contribution is 2.54. The van der Waals surface area contributed by atoms with Gasteiger partial charge in [-0.3, -0.25) is 4.79 Å². The van der Waals surface area contributed by atoms with E-state index in [1.54, 1.807) is 6.07 Å². The predicted molar refractivity (Wildman–Crippen MR) is 120 cm³/mol. The minimum absolute atomic E-state index is 0. The first-order valence-corrected chi connectivity index (χ1v) is 10.9. The number of Topliss-reactive ketones (excluding diaryl/α,β-unsaturated/α-hetero) is 1. The summed E-state index contributed by atoms with van der Waals surface area (Å²) in [6, 6.07) is 14.7. The third kappa shape index (κ3) is 4.08. The zero-order chi connectivity index (χ0) is 19.3. The van der Waals surface area contributed by atoms with Crippen LogP contribution in [0, 0.1) is 5.92 Å². The van der Waals surface area contributed by atoms with Crippen LogP contribution in [-0.4, -0.2) is 36.4 Å². The Morgan fingerprint density at radius 1 is 1.03 bits per heavy atom. The van der Waals surface area contributed by atoms with Gasteiger partial charge in [0.2, 0.25) is 0 Å². The molecule has 0 aromatic heterocycles. The molecule has 1 N–H and O–H groups in total. The average molecular weight is 452 g/mol. The van der Waals surface area contributed by atoms with Crippen LogP contribution in [0.15, 0.2) is 42.5 Å². The van der Waals surface area contributed by atoms with Gasteiger partial charge in [0.05, 0.1) is 10.0 Å². The summed E-state index contributed by atoms with van der Waals surface area (Å²) in [6.45, 7) is 3.41. The molecule has 2 heterocycles. The third-order valence-electron chi connectivity index (χ3n) is 6.52. The number of nitrogens with zero attached hydrogens (tertiary/aromatic N) is 1. The van der Waals surface area contributed by atoms with Gasteiger partial charge in [-0.05, 0) is 54.8 Å². The van der Waals surface area contributed by atoms with Crippen LogP contribution in [0.5, 0.6) is 0 Å². The van der Waals surface area contributed by atoms with Crippen LogP contribution in [-0.2, 0) is 11.2 Å². The molecule has 0 radical (unpaired) electrons. The van der Waals surface area contributed by atoms with Gasteiger partial charge in [-0.25, -0.2) is 0 Å². The highest BCUT2D eigenvalue weighted by Gasteiger charge is 2.58. The van der Waals surface area contributed by atoms with Crippen LogP contribution in [0.3, 0.4) is 0 Å². The number of hydrogen-bond acceptors (Lipinski definition) is 3. The van der Waals surface area contributed by atoms with Crippen molar-refractivity contribution in [1.29, 1.82) is 0 Å². The van der Waals surface area contributed by atoms with Gasteiger partial charge < -0.3 is 10.2 Å². The molecule has 2 aliphatic heterocycles. The van der Waals surface area contributed by atoms with Gasteiger partial charge >= 0.3 is 0 Å². The Bertz CT molecular complexity index is 913. The minimum atomic E-state index is 0. The summed E-state index contributed by atoms with van der Waals surface area (Å²) in [5, 5.41) is 4.84. The SMILES string of the molecule is Cl.O=C(Cc1ccc(Cl)c(Cl)c1)C1C2NC(CN3CCCC3)c3ccccc3C21. The predicted octanol–water partition coefficient (Wildman–Crippen LogP) is 5.05. The quantitative estimate of drug-likeness (QED) is 0.690. The molecule has 0 spiro atoms. The molecule has 1 saturated heterocycles. The molecule has 6 heteroatoms. The Morgan fingerprint density at radius 3 is 2.48 bits per heavy atom. The Kier molecular flexibility index (Phi) is 6.24. The van der Waals surface area contributed by atoms with Crippen molar-refractivity contribution >= 4 is 41.4 Å². The summed E-state index contributed by atoms with van der Waals surface area (Å²) < 4.78 is 0. The maximum atomic E-state index is 13.1. The summed E-state index contributed by atoms with van der Waals surface area (Å²) in [4.78, 5) is 15.6. The van der Waals surface area contributed by atoms with Gasteiger partial charge in [-0.2, -0.15) is 0 Å². The van der Waals surface area contributed by atoms with Crippen LogP contribution in [0.2, 0.25) is 10.0 Å². The molecule has 1 aliphatic carbocycles. The summed E-state index contributed by atoms with van der Waals surface area (Å²) >= 11 is 12.1. The van der Waals surface area contributed by atoms with Crippen molar-refractivity contribution in [3.8, 4) is 0 Å². The van der Waals surface area contributed by atoms with Crippen LogP contribution in [0.4, 0.5) is 0 Å². The standard InChI is InChI=1S/C23H24Cl2N2O.ClH/c24-17-8-7-14(11-18(17)25)12-20(28)22-21-16-6-2-1-5-15(16)19(26-23(21)22)13-27-9-3-4-10-27;/h1-2,5-8,11,19,21-23,26H,3-4,9-10,12-13H2;1H. The number of carbonyl (C=O) groups is 1. The largest absolute Gasteiger partial charge is 0.305 e. The fourth-order valence-corrected chi connectivity index (χ4v) is 5.42. The summed E-state index contributed by atoms with van der Waals surface area (Å²) in [6.07, 6.45) is 3.01. The van der Waals surface area contributed by atoms with E-state index in [1.165, 1.54) is 37.1 Å². The third-order valence-corrected chi connectivity index (χ3v) is 7.26. The Labute approximate surface area is 188 Å². The van der Waals surface area contributed by atoms with Gasteiger partial charge in [0.15, 0.2) is 0 Å². The van der Waals surface area contributed by atoms with E-state index in [4.69, 9.17) is 23.2 Å². The van der Waals surface area contributed by atoms with Crippen molar-refractivity contribution in [2.45, 2.75) is 37.3 Å². The van der Waals surface area contributed by atoms with E-state index >= 15 is 0 Å². The molecular formula is C23H25Cl3N2O. The Hall–Kier alpha value is -1.10. The van der Waals surface area contributed by atoms with E-state index in [9.17, 15) is 4.79 Å². The van der Waals surface area contributed by atoms with Crippen molar-refractivity contribution in [3.05, 3.63) is 69.2 Å². The van der Waals surface area contributed by atoms with Crippen molar-refractivity contribution in [2.24, 2.45) is 5.92 Å². The van der Waals surface area contributed by atoms with Gasteiger partial charge in [-0.15, -0.1) is 12.4 Å². The molecule has 1 saturated carbocycles. The number of fused-ring (bicyclic) bond motifs is 3. The molecule has 154 valence electrons. The summed E-state index contributed by atoms with van der Waals surface area (Å²) in [5.41, 5.74) is 3.67. The second-order valence-corrected chi connectivity index (χ2v) is 9.14. The number of rotatable bonds is 5. The smallest absolute Gasteiger partial charge is 0.142 e. The number of benzene rings is 2. The number of carbonyl (C=O) groups excluding carboxylic acids is 1. The molecule has 3 nitrogen and oxygen atoms in total. The molecule has 0 bridgehead atoms. The van der Waals surface area contributed by atoms with Crippen molar-refractivity contribution in [2.75, 3.05) is 19.6 Å². The molecule has 3 aliphatic rings. The van der Waals surface area contributed by atoms with Gasteiger partial charge in [0.1, 0.15) is 5.78 Å². The summed E-state index contributed by atoms with van der Waals surface area (Å²) in [5.74, 6) is 0.651. The fourth-order valence-electron chi connectivity index (χ4n) is 5.10. The lowest BCUT2D eigenvalue weighted by atomic mass is 9.93. The van der Waals surface area contributed by atoms with Gasteiger partial charge in [0.25, 0.3) is 0 Å². The van der Waals surface area contributed by atoms with Crippen molar-refractivity contribution in [1.82, 2.24) is 10.2 Å². The highest BCUT2D eigenvalue weighted by atomic mass is 35.5. The van der Waals surface area contributed by atoms with E-state index in [0.717, 1.165) is 12.1 Å². The molecule has 0 amide bonds. The van der Waals surface area contributed by atoms with Crippen molar-refractivity contribution < 1.29 is 4.79 Å². The van der Waals surface area contributed by atoms with Crippen LogP contribution in [0.1, 0.15) is 41.5 Å². The molecule has 4 unspecified atom stereocenters. The first-order valence-electron chi connectivity index (χ1n) is 10.2. The summed E-state index contributed by atoms with van der Waals surface area (Å²) in [7, 11) is 0.